The van der Waals surface area contributed by atoms with Gasteiger partial charge in [0.2, 0.25) is 5.95 Å². The van der Waals surface area contributed by atoms with Gasteiger partial charge in [-0.2, -0.15) is 13.2 Å². The molecule has 4 rings (SSSR count). The van der Waals surface area contributed by atoms with Gasteiger partial charge in [-0.15, -0.1) is 11.3 Å². The molecule has 1 aliphatic heterocycles. The largest absolute Gasteiger partial charge is 0.490 e. The molecule has 14 heteroatoms. The SMILES string of the molecule is Cc1sc2nc(C(C)NCc3ccnc(N4CCN(C)CC4)n3)[nH]c(=O)c2c1C.O=C(O)C(F)(F)F. The number of hydrogen-bond donors (Lipinski definition) is 3. The van der Waals surface area contributed by atoms with Crippen LogP contribution in [0.5, 0.6) is 0 Å². The molecule has 0 spiro atoms. The number of likely N-dealkylation sites (N-methyl/N-ethyl adjacent to an activating group) is 1. The fraction of sp³-hybridized carbons (Fsp3) is 0.500. The van der Waals surface area contributed by atoms with Crippen molar-refractivity contribution in [2.24, 2.45) is 0 Å². The number of rotatable bonds is 5. The maximum absolute atomic E-state index is 12.5. The lowest BCUT2D eigenvalue weighted by Gasteiger charge is -2.32. The summed E-state index contributed by atoms with van der Waals surface area (Å²) in [6.07, 6.45) is -3.27. The lowest BCUT2D eigenvalue weighted by Crippen LogP contribution is -2.45. The molecule has 3 N–H and O–H groups in total. The minimum atomic E-state index is -5.08. The molecule has 1 atom stereocenters. The molecule has 36 heavy (non-hydrogen) atoms. The van der Waals surface area contributed by atoms with Crippen molar-refractivity contribution in [3.05, 3.63) is 44.6 Å². The molecule has 196 valence electrons. The highest BCUT2D eigenvalue weighted by atomic mass is 32.1. The van der Waals surface area contributed by atoms with Gasteiger partial charge in [-0.1, -0.05) is 0 Å². The number of hydrogen-bond acceptors (Lipinski definition) is 9. The number of alkyl halides is 3. The lowest BCUT2D eigenvalue weighted by atomic mass is 10.2. The van der Waals surface area contributed by atoms with Gasteiger partial charge < -0.3 is 25.2 Å². The van der Waals surface area contributed by atoms with Crippen LogP contribution in [-0.4, -0.2) is 75.3 Å². The zero-order chi connectivity index (χ0) is 26.6. The second-order valence-electron chi connectivity index (χ2n) is 8.46. The summed E-state index contributed by atoms with van der Waals surface area (Å²) in [5, 5.41) is 11.3. The lowest BCUT2D eigenvalue weighted by molar-refractivity contribution is -0.192. The molecule has 3 aromatic heterocycles. The Morgan fingerprint density at radius 3 is 2.50 bits per heavy atom. The van der Waals surface area contributed by atoms with E-state index in [0.29, 0.717) is 17.8 Å². The van der Waals surface area contributed by atoms with Crippen molar-refractivity contribution in [3.8, 4) is 0 Å². The molecule has 1 unspecified atom stereocenters. The summed E-state index contributed by atoms with van der Waals surface area (Å²) in [6, 6.07) is 1.82. The van der Waals surface area contributed by atoms with Gasteiger partial charge in [-0.05, 0) is 39.4 Å². The number of piperazine rings is 1. The number of thiophene rings is 1. The summed E-state index contributed by atoms with van der Waals surface area (Å²) in [6.45, 7) is 10.5. The van der Waals surface area contributed by atoms with Crippen LogP contribution >= 0.6 is 11.3 Å². The highest BCUT2D eigenvalue weighted by molar-refractivity contribution is 7.18. The van der Waals surface area contributed by atoms with Gasteiger partial charge in [-0.25, -0.2) is 19.7 Å². The third-order valence-corrected chi connectivity index (χ3v) is 6.89. The van der Waals surface area contributed by atoms with Crippen LogP contribution in [0.15, 0.2) is 17.1 Å². The first-order valence-electron chi connectivity index (χ1n) is 11.2. The van der Waals surface area contributed by atoms with Crippen molar-refractivity contribution in [1.29, 1.82) is 0 Å². The minimum absolute atomic E-state index is 0.0695. The van der Waals surface area contributed by atoms with Crippen molar-refractivity contribution >= 4 is 33.5 Å². The zero-order valence-corrected chi connectivity index (χ0v) is 21.1. The van der Waals surface area contributed by atoms with Crippen LogP contribution in [0.25, 0.3) is 10.2 Å². The quantitative estimate of drug-likeness (QED) is 0.459. The Morgan fingerprint density at radius 1 is 1.25 bits per heavy atom. The number of carbonyl (C=O) groups is 1. The van der Waals surface area contributed by atoms with Crippen LogP contribution in [-0.2, 0) is 11.3 Å². The molecule has 0 aromatic carbocycles. The number of aliphatic carboxylic acids is 1. The van der Waals surface area contributed by atoms with Crippen LogP contribution < -0.4 is 15.8 Å². The van der Waals surface area contributed by atoms with Crippen LogP contribution in [0.3, 0.4) is 0 Å². The van der Waals surface area contributed by atoms with Crippen molar-refractivity contribution < 1.29 is 23.1 Å². The average molecular weight is 528 g/mol. The molecule has 3 aromatic rings. The van der Waals surface area contributed by atoms with Crippen LogP contribution in [0.4, 0.5) is 19.1 Å². The monoisotopic (exact) mass is 527 g/mol. The van der Waals surface area contributed by atoms with Gasteiger partial charge in [0, 0.05) is 43.8 Å². The molecule has 0 bridgehead atoms. The fourth-order valence-corrected chi connectivity index (χ4v) is 4.51. The Hall–Kier alpha value is -3.10. The first-order valence-corrected chi connectivity index (χ1v) is 12.0. The molecule has 0 amide bonds. The van der Waals surface area contributed by atoms with Crippen molar-refractivity contribution in [2.45, 2.75) is 39.5 Å². The van der Waals surface area contributed by atoms with E-state index in [1.54, 1.807) is 11.3 Å². The number of aromatic nitrogens is 4. The molecular formula is C22H28F3N7O3S. The van der Waals surface area contributed by atoms with Crippen molar-refractivity contribution in [1.82, 2.24) is 30.2 Å². The number of aryl methyl sites for hydroxylation is 2. The summed E-state index contributed by atoms with van der Waals surface area (Å²) in [5.74, 6) is -1.33. The Balaban J connectivity index is 0.000000454. The van der Waals surface area contributed by atoms with E-state index in [9.17, 15) is 18.0 Å². The summed E-state index contributed by atoms with van der Waals surface area (Å²) in [7, 11) is 2.13. The van der Waals surface area contributed by atoms with E-state index in [2.05, 4.69) is 37.1 Å². The highest BCUT2D eigenvalue weighted by Gasteiger charge is 2.38. The molecule has 1 saturated heterocycles. The normalized spacial score (nSPS) is 15.5. The number of nitrogens with zero attached hydrogens (tertiary/aromatic N) is 5. The molecule has 0 aliphatic carbocycles. The van der Waals surface area contributed by atoms with E-state index in [1.807, 2.05) is 33.0 Å². The number of aromatic amines is 1. The van der Waals surface area contributed by atoms with Gasteiger partial charge in [-0.3, -0.25) is 4.79 Å². The van der Waals surface area contributed by atoms with E-state index in [4.69, 9.17) is 14.9 Å². The smallest absolute Gasteiger partial charge is 0.475 e. The molecule has 4 heterocycles. The van der Waals surface area contributed by atoms with Crippen LogP contribution in [0.1, 0.15) is 34.9 Å². The molecular weight excluding hydrogens is 499 g/mol. The fourth-order valence-electron chi connectivity index (χ4n) is 3.47. The number of anilines is 1. The summed E-state index contributed by atoms with van der Waals surface area (Å²) >= 11 is 1.57. The number of nitrogens with one attached hydrogen (secondary N) is 2. The molecule has 0 radical (unpaired) electrons. The van der Waals surface area contributed by atoms with E-state index in [-0.39, 0.29) is 11.6 Å². The van der Waals surface area contributed by atoms with Crippen LogP contribution in [0, 0.1) is 13.8 Å². The first kappa shape index (κ1) is 27.5. The number of carboxylic acids is 1. The number of carboxylic acid groups (broad SMARTS) is 1. The number of fused-ring (bicyclic) bond motifs is 1. The minimum Gasteiger partial charge on any atom is -0.475 e. The predicted octanol–water partition coefficient (Wildman–Crippen LogP) is 2.63. The van der Waals surface area contributed by atoms with Gasteiger partial charge in [0.05, 0.1) is 17.1 Å². The summed E-state index contributed by atoms with van der Waals surface area (Å²) < 4.78 is 31.7. The molecule has 1 aliphatic rings. The van der Waals surface area contributed by atoms with Gasteiger partial charge in [0.25, 0.3) is 5.56 Å². The second-order valence-corrected chi connectivity index (χ2v) is 9.66. The molecule has 10 nitrogen and oxygen atoms in total. The summed E-state index contributed by atoms with van der Waals surface area (Å²) in [5.41, 5.74) is 1.87. The van der Waals surface area contributed by atoms with E-state index >= 15 is 0 Å². The molecule has 1 fully saturated rings. The second kappa shape index (κ2) is 11.3. The number of H-pyrrole nitrogens is 1. The third kappa shape index (κ3) is 6.77. The van der Waals surface area contributed by atoms with Gasteiger partial charge >= 0.3 is 12.1 Å². The van der Waals surface area contributed by atoms with E-state index in [0.717, 1.165) is 53.1 Å². The Labute approximate surface area is 209 Å². The topological polar surface area (TPSA) is 127 Å². The van der Waals surface area contributed by atoms with E-state index < -0.39 is 12.1 Å². The Kier molecular flexibility index (Phi) is 8.63. The Morgan fingerprint density at radius 2 is 1.89 bits per heavy atom. The standard InChI is InChI=1S/C20H27N7OS.C2HF3O2/c1-12-14(3)29-19-16(12)18(28)24-17(25-19)13(2)22-11-15-5-6-21-20(23-15)27-9-7-26(4)8-10-27;3-2(4,5)1(6)7/h5-6,13,22H,7-11H2,1-4H3,(H,24,25,28);(H,6,7). The Bertz CT molecular complexity index is 1270. The van der Waals surface area contributed by atoms with Gasteiger partial charge in [0.15, 0.2) is 0 Å². The number of halogens is 3. The average Bonchev–Trinajstić information content (AvgIpc) is 3.11. The maximum atomic E-state index is 12.5. The summed E-state index contributed by atoms with van der Waals surface area (Å²) in [4.78, 5) is 44.6. The third-order valence-electron chi connectivity index (χ3n) is 5.79. The maximum Gasteiger partial charge on any atom is 0.490 e. The van der Waals surface area contributed by atoms with Crippen molar-refractivity contribution in [3.63, 3.8) is 0 Å². The zero-order valence-electron chi connectivity index (χ0n) is 20.3. The first-order chi connectivity index (χ1) is 16.9. The van der Waals surface area contributed by atoms with Gasteiger partial charge in [0.1, 0.15) is 10.7 Å². The predicted molar refractivity (Wildman–Crippen MR) is 130 cm³/mol. The highest BCUT2D eigenvalue weighted by Crippen LogP contribution is 2.26. The van der Waals surface area contributed by atoms with E-state index in [1.165, 1.54) is 0 Å². The van der Waals surface area contributed by atoms with Crippen molar-refractivity contribution in [2.75, 3.05) is 38.1 Å². The van der Waals surface area contributed by atoms with Crippen LogP contribution in [0.2, 0.25) is 0 Å². The molecule has 0 saturated carbocycles.